The van der Waals surface area contributed by atoms with E-state index in [4.69, 9.17) is 16.3 Å². The second-order valence-electron chi connectivity index (χ2n) is 4.03. The summed E-state index contributed by atoms with van der Waals surface area (Å²) in [6.07, 6.45) is 1.70. The number of fused-ring (bicyclic) bond motifs is 1. The van der Waals surface area contributed by atoms with E-state index in [0.717, 1.165) is 22.7 Å². The van der Waals surface area contributed by atoms with Crippen LogP contribution in [0, 0.1) is 0 Å². The van der Waals surface area contributed by atoms with Gasteiger partial charge in [0.25, 0.3) is 0 Å². The number of benzene rings is 1. The molecule has 0 saturated carbocycles. The predicted octanol–water partition coefficient (Wildman–Crippen LogP) is 3.45. The second-order valence-corrected chi connectivity index (χ2v) is 4.41. The molecule has 0 aliphatic rings. The van der Waals surface area contributed by atoms with E-state index in [0.29, 0.717) is 11.8 Å². The van der Waals surface area contributed by atoms with Gasteiger partial charge in [0, 0.05) is 17.7 Å². The van der Waals surface area contributed by atoms with E-state index >= 15 is 0 Å². The maximum atomic E-state index is 6.05. The SMILES string of the molecule is CCOc1cccc(-c2cc(Cl)nc3ccnn23)c1. The van der Waals surface area contributed by atoms with Gasteiger partial charge in [0.1, 0.15) is 10.9 Å². The monoisotopic (exact) mass is 273 g/mol. The third kappa shape index (κ3) is 2.27. The maximum absolute atomic E-state index is 6.05. The summed E-state index contributed by atoms with van der Waals surface area (Å²) in [4.78, 5) is 4.22. The highest BCUT2D eigenvalue weighted by Crippen LogP contribution is 2.26. The topological polar surface area (TPSA) is 39.4 Å². The van der Waals surface area contributed by atoms with E-state index in [1.54, 1.807) is 16.8 Å². The molecule has 0 unspecified atom stereocenters. The van der Waals surface area contributed by atoms with Gasteiger partial charge in [0.05, 0.1) is 18.5 Å². The molecule has 0 saturated heterocycles. The molecule has 5 heteroatoms. The number of rotatable bonds is 3. The zero-order valence-corrected chi connectivity index (χ0v) is 11.1. The van der Waals surface area contributed by atoms with E-state index in [2.05, 4.69) is 10.1 Å². The molecule has 3 aromatic rings. The third-order valence-electron chi connectivity index (χ3n) is 2.77. The van der Waals surface area contributed by atoms with Crippen molar-refractivity contribution >= 4 is 17.2 Å². The summed E-state index contributed by atoms with van der Waals surface area (Å²) in [5.41, 5.74) is 2.61. The highest BCUT2D eigenvalue weighted by Gasteiger charge is 2.08. The first-order valence-electron chi connectivity index (χ1n) is 6.01. The van der Waals surface area contributed by atoms with Crippen LogP contribution in [0.1, 0.15) is 6.92 Å². The van der Waals surface area contributed by atoms with Gasteiger partial charge in [-0.05, 0) is 19.1 Å². The van der Waals surface area contributed by atoms with Crippen molar-refractivity contribution in [1.82, 2.24) is 14.6 Å². The zero-order chi connectivity index (χ0) is 13.2. The predicted molar refractivity (Wildman–Crippen MR) is 74.6 cm³/mol. The van der Waals surface area contributed by atoms with Gasteiger partial charge in [-0.2, -0.15) is 5.10 Å². The van der Waals surface area contributed by atoms with Gasteiger partial charge in [-0.15, -0.1) is 0 Å². The minimum Gasteiger partial charge on any atom is -0.494 e. The molecule has 0 bridgehead atoms. The van der Waals surface area contributed by atoms with Gasteiger partial charge in [-0.1, -0.05) is 23.7 Å². The molecule has 3 rings (SSSR count). The fourth-order valence-corrected chi connectivity index (χ4v) is 2.19. The smallest absolute Gasteiger partial charge is 0.157 e. The lowest BCUT2D eigenvalue weighted by Crippen LogP contribution is -1.97. The molecular formula is C14H12ClN3O. The van der Waals surface area contributed by atoms with Crippen molar-refractivity contribution in [3.05, 3.63) is 47.7 Å². The quantitative estimate of drug-likeness (QED) is 0.686. The molecule has 0 N–H and O–H groups in total. The van der Waals surface area contributed by atoms with Crippen molar-refractivity contribution in [2.24, 2.45) is 0 Å². The first-order chi connectivity index (χ1) is 9.28. The highest BCUT2D eigenvalue weighted by atomic mass is 35.5. The van der Waals surface area contributed by atoms with Crippen molar-refractivity contribution in [2.45, 2.75) is 6.92 Å². The standard InChI is InChI=1S/C14H12ClN3O/c1-2-19-11-5-3-4-10(8-11)12-9-13(15)17-14-6-7-16-18(12)14/h3-9H,2H2,1H3. The first-order valence-corrected chi connectivity index (χ1v) is 6.39. The van der Waals surface area contributed by atoms with Gasteiger partial charge in [-0.3, -0.25) is 0 Å². The van der Waals surface area contributed by atoms with Crippen molar-refractivity contribution in [3.8, 4) is 17.0 Å². The summed E-state index contributed by atoms with van der Waals surface area (Å²) < 4.78 is 7.27. The Morgan fingerprint density at radius 1 is 1.26 bits per heavy atom. The molecule has 1 aromatic carbocycles. The first kappa shape index (κ1) is 12.0. The Bertz CT molecular complexity index is 724. The molecule has 96 valence electrons. The fraction of sp³-hybridized carbons (Fsp3) is 0.143. The number of hydrogen-bond acceptors (Lipinski definition) is 3. The molecule has 19 heavy (non-hydrogen) atoms. The lowest BCUT2D eigenvalue weighted by Gasteiger charge is -2.08. The van der Waals surface area contributed by atoms with Crippen LogP contribution in [0.2, 0.25) is 5.15 Å². The van der Waals surface area contributed by atoms with Crippen molar-refractivity contribution in [2.75, 3.05) is 6.61 Å². The van der Waals surface area contributed by atoms with Gasteiger partial charge in [-0.25, -0.2) is 9.50 Å². The maximum Gasteiger partial charge on any atom is 0.157 e. The van der Waals surface area contributed by atoms with Gasteiger partial charge >= 0.3 is 0 Å². The van der Waals surface area contributed by atoms with Crippen molar-refractivity contribution < 1.29 is 4.74 Å². The summed E-state index contributed by atoms with van der Waals surface area (Å²) in [5.74, 6) is 0.827. The van der Waals surface area contributed by atoms with E-state index < -0.39 is 0 Å². The van der Waals surface area contributed by atoms with E-state index in [-0.39, 0.29) is 0 Å². The van der Waals surface area contributed by atoms with Crippen molar-refractivity contribution in [1.29, 1.82) is 0 Å². The molecule has 2 heterocycles. The Labute approximate surface area is 115 Å². The molecule has 0 radical (unpaired) electrons. The fourth-order valence-electron chi connectivity index (χ4n) is 2.00. The van der Waals surface area contributed by atoms with Gasteiger partial charge < -0.3 is 4.74 Å². The molecule has 0 fully saturated rings. The number of aromatic nitrogens is 3. The Hall–Kier alpha value is -2.07. The van der Waals surface area contributed by atoms with Crippen LogP contribution in [0.5, 0.6) is 5.75 Å². The Kier molecular flexibility index (Phi) is 3.09. The lowest BCUT2D eigenvalue weighted by atomic mass is 10.1. The van der Waals surface area contributed by atoms with Crippen LogP contribution in [0.15, 0.2) is 42.6 Å². The van der Waals surface area contributed by atoms with E-state index in [1.807, 2.05) is 37.3 Å². The van der Waals surface area contributed by atoms with Crippen LogP contribution in [-0.2, 0) is 0 Å². The van der Waals surface area contributed by atoms with Crippen LogP contribution in [-0.4, -0.2) is 21.2 Å². The molecule has 0 aliphatic carbocycles. The molecule has 0 amide bonds. The van der Waals surface area contributed by atoms with E-state index in [9.17, 15) is 0 Å². The van der Waals surface area contributed by atoms with Crippen molar-refractivity contribution in [3.63, 3.8) is 0 Å². The minimum atomic E-state index is 0.449. The summed E-state index contributed by atoms with van der Waals surface area (Å²) >= 11 is 6.05. The number of halogens is 1. The molecule has 0 spiro atoms. The third-order valence-corrected chi connectivity index (χ3v) is 2.96. The molecule has 0 aliphatic heterocycles. The average Bonchev–Trinajstić information content (AvgIpc) is 2.86. The Balaban J connectivity index is 2.18. The zero-order valence-electron chi connectivity index (χ0n) is 10.4. The highest BCUT2D eigenvalue weighted by molar-refractivity contribution is 6.29. The Morgan fingerprint density at radius 2 is 2.16 bits per heavy atom. The number of hydrogen-bond donors (Lipinski definition) is 0. The largest absolute Gasteiger partial charge is 0.494 e. The summed E-state index contributed by atoms with van der Waals surface area (Å²) in [7, 11) is 0. The number of ether oxygens (including phenoxy) is 1. The summed E-state index contributed by atoms with van der Waals surface area (Å²) in [6, 6.07) is 11.5. The summed E-state index contributed by atoms with van der Waals surface area (Å²) in [5, 5.41) is 4.72. The molecular weight excluding hydrogens is 262 g/mol. The number of nitrogens with zero attached hydrogens (tertiary/aromatic N) is 3. The lowest BCUT2D eigenvalue weighted by molar-refractivity contribution is 0.340. The molecule has 2 aromatic heterocycles. The molecule has 4 nitrogen and oxygen atoms in total. The van der Waals surface area contributed by atoms with Crippen LogP contribution in [0.3, 0.4) is 0 Å². The van der Waals surface area contributed by atoms with Gasteiger partial charge in [0.15, 0.2) is 5.65 Å². The molecule has 0 atom stereocenters. The Morgan fingerprint density at radius 3 is 3.00 bits per heavy atom. The average molecular weight is 274 g/mol. The van der Waals surface area contributed by atoms with Crippen LogP contribution in [0.25, 0.3) is 16.9 Å². The van der Waals surface area contributed by atoms with E-state index in [1.165, 1.54) is 0 Å². The van der Waals surface area contributed by atoms with Crippen LogP contribution < -0.4 is 4.74 Å². The second kappa shape index (κ2) is 4.90. The normalized spacial score (nSPS) is 10.8. The van der Waals surface area contributed by atoms with Crippen LogP contribution >= 0.6 is 11.6 Å². The minimum absolute atomic E-state index is 0.449. The summed E-state index contributed by atoms with van der Waals surface area (Å²) in [6.45, 7) is 2.60. The van der Waals surface area contributed by atoms with Gasteiger partial charge in [0.2, 0.25) is 0 Å². The van der Waals surface area contributed by atoms with Crippen LogP contribution in [0.4, 0.5) is 0 Å².